The largest absolute Gasteiger partial charge is 0.487 e. The van der Waals surface area contributed by atoms with Gasteiger partial charge in [-0.15, -0.1) is 0 Å². The SMILES string of the molecule is CCn1ncc(Cl)c1CNC(=O)c1noc(C)c1COc1ccccc1Cl. The zero-order valence-corrected chi connectivity index (χ0v) is 16.3. The van der Waals surface area contributed by atoms with E-state index in [1.807, 2.05) is 19.1 Å². The topological polar surface area (TPSA) is 82.2 Å². The Balaban J connectivity index is 1.70. The number of halogens is 2. The monoisotopic (exact) mass is 408 g/mol. The highest BCUT2D eigenvalue weighted by Crippen LogP contribution is 2.25. The van der Waals surface area contributed by atoms with E-state index in [9.17, 15) is 4.79 Å². The van der Waals surface area contributed by atoms with E-state index in [2.05, 4.69) is 15.6 Å². The van der Waals surface area contributed by atoms with Crippen molar-refractivity contribution in [2.24, 2.45) is 0 Å². The van der Waals surface area contributed by atoms with Crippen molar-refractivity contribution in [3.05, 3.63) is 63.2 Å². The van der Waals surface area contributed by atoms with Gasteiger partial charge in [0.1, 0.15) is 18.1 Å². The van der Waals surface area contributed by atoms with Gasteiger partial charge in [0.15, 0.2) is 5.69 Å². The van der Waals surface area contributed by atoms with Crippen molar-refractivity contribution in [3.63, 3.8) is 0 Å². The van der Waals surface area contributed by atoms with Crippen LogP contribution in [-0.4, -0.2) is 20.8 Å². The minimum atomic E-state index is -0.385. The van der Waals surface area contributed by atoms with Gasteiger partial charge in [0, 0.05) is 6.54 Å². The molecule has 0 atom stereocenters. The van der Waals surface area contributed by atoms with E-state index in [-0.39, 0.29) is 24.8 Å². The number of para-hydroxylation sites is 1. The molecule has 0 saturated heterocycles. The maximum absolute atomic E-state index is 12.6. The van der Waals surface area contributed by atoms with Crippen LogP contribution >= 0.6 is 23.2 Å². The van der Waals surface area contributed by atoms with Gasteiger partial charge in [-0.05, 0) is 26.0 Å². The Morgan fingerprint density at radius 3 is 2.81 bits per heavy atom. The number of ether oxygens (including phenoxy) is 1. The second-order valence-electron chi connectivity index (χ2n) is 5.72. The summed E-state index contributed by atoms with van der Waals surface area (Å²) in [4.78, 5) is 12.6. The number of carbonyl (C=O) groups is 1. The Bertz CT molecular complexity index is 952. The average Bonchev–Trinajstić information content (AvgIpc) is 3.21. The summed E-state index contributed by atoms with van der Waals surface area (Å²) in [5.74, 6) is 0.637. The second kappa shape index (κ2) is 8.45. The molecule has 2 heterocycles. The summed E-state index contributed by atoms with van der Waals surface area (Å²) in [5.41, 5.74) is 1.45. The molecule has 0 saturated carbocycles. The predicted molar refractivity (Wildman–Crippen MR) is 101 cm³/mol. The van der Waals surface area contributed by atoms with Crippen LogP contribution in [0.1, 0.15) is 34.4 Å². The average molecular weight is 409 g/mol. The number of nitrogens with one attached hydrogen (secondary N) is 1. The van der Waals surface area contributed by atoms with Crippen LogP contribution in [0.5, 0.6) is 5.75 Å². The van der Waals surface area contributed by atoms with Crippen LogP contribution in [0.4, 0.5) is 0 Å². The van der Waals surface area contributed by atoms with Gasteiger partial charge in [-0.1, -0.05) is 40.5 Å². The summed E-state index contributed by atoms with van der Waals surface area (Å²) in [6.07, 6.45) is 1.55. The number of aromatic nitrogens is 3. The van der Waals surface area contributed by atoms with Crippen LogP contribution in [-0.2, 0) is 19.7 Å². The number of rotatable bonds is 7. The zero-order valence-electron chi connectivity index (χ0n) is 14.8. The molecular formula is C18H18Cl2N4O3. The fourth-order valence-corrected chi connectivity index (χ4v) is 2.93. The number of nitrogens with zero attached hydrogens (tertiary/aromatic N) is 3. The summed E-state index contributed by atoms with van der Waals surface area (Å²) >= 11 is 12.2. The minimum Gasteiger partial charge on any atom is -0.487 e. The van der Waals surface area contributed by atoms with Crippen LogP contribution < -0.4 is 10.1 Å². The van der Waals surface area contributed by atoms with Gasteiger partial charge < -0.3 is 14.6 Å². The van der Waals surface area contributed by atoms with Gasteiger partial charge in [-0.3, -0.25) is 9.48 Å². The van der Waals surface area contributed by atoms with Gasteiger partial charge in [0.2, 0.25) is 0 Å². The molecule has 0 bridgehead atoms. The first-order valence-electron chi connectivity index (χ1n) is 8.32. The maximum Gasteiger partial charge on any atom is 0.274 e. The Labute approximate surface area is 166 Å². The molecule has 0 unspecified atom stereocenters. The summed E-state index contributed by atoms with van der Waals surface area (Å²) < 4.78 is 12.6. The third-order valence-electron chi connectivity index (χ3n) is 4.02. The standard InChI is InChI=1S/C18H18Cl2N4O3/c1-3-24-15(14(20)8-22-24)9-21-18(25)17-12(11(2)27-23-17)10-26-16-7-5-4-6-13(16)19/h4-8H,3,9-10H2,1-2H3,(H,21,25). The van der Waals surface area contributed by atoms with Crippen LogP contribution in [0.25, 0.3) is 0 Å². The minimum absolute atomic E-state index is 0.107. The molecule has 0 spiro atoms. The van der Waals surface area contributed by atoms with Crippen molar-refractivity contribution in [3.8, 4) is 5.75 Å². The first-order valence-corrected chi connectivity index (χ1v) is 9.07. The van der Waals surface area contributed by atoms with Crippen molar-refractivity contribution in [2.75, 3.05) is 0 Å². The third kappa shape index (κ3) is 4.26. The van der Waals surface area contributed by atoms with E-state index in [0.717, 1.165) is 5.69 Å². The number of amides is 1. The lowest BCUT2D eigenvalue weighted by molar-refractivity contribution is 0.0938. The number of hydrogen-bond donors (Lipinski definition) is 1. The zero-order chi connectivity index (χ0) is 19.4. The molecule has 0 radical (unpaired) electrons. The summed E-state index contributed by atoms with van der Waals surface area (Å²) in [7, 11) is 0. The highest BCUT2D eigenvalue weighted by molar-refractivity contribution is 6.32. The molecule has 27 heavy (non-hydrogen) atoms. The van der Waals surface area contributed by atoms with E-state index in [1.54, 1.807) is 29.9 Å². The molecule has 0 aliphatic carbocycles. The van der Waals surface area contributed by atoms with Crippen molar-refractivity contribution in [1.82, 2.24) is 20.3 Å². The second-order valence-corrected chi connectivity index (χ2v) is 6.54. The molecule has 1 N–H and O–H groups in total. The van der Waals surface area contributed by atoms with Crippen molar-refractivity contribution in [2.45, 2.75) is 33.5 Å². The number of aryl methyl sites for hydroxylation is 2. The van der Waals surface area contributed by atoms with E-state index in [1.165, 1.54) is 0 Å². The summed E-state index contributed by atoms with van der Waals surface area (Å²) in [5, 5.41) is 11.8. The molecule has 1 aromatic carbocycles. The molecule has 7 nitrogen and oxygen atoms in total. The lowest BCUT2D eigenvalue weighted by Gasteiger charge is -2.09. The highest BCUT2D eigenvalue weighted by atomic mass is 35.5. The molecule has 0 fully saturated rings. The van der Waals surface area contributed by atoms with Crippen molar-refractivity contribution < 1.29 is 14.1 Å². The van der Waals surface area contributed by atoms with Gasteiger partial charge in [-0.2, -0.15) is 5.10 Å². The molecule has 142 valence electrons. The van der Waals surface area contributed by atoms with E-state index in [0.29, 0.717) is 33.7 Å². The van der Waals surface area contributed by atoms with Crippen LogP contribution in [0.3, 0.4) is 0 Å². The lowest BCUT2D eigenvalue weighted by atomic mass is 10.2. The smallest absolute Gasteiger partial charge is 0.274 e. The molecule has 1 amide bonds. The maximum atomic E-state index is 12.6. The Hall–Kier alpha value is -2.51. The molecule has 2 aromatic heterocycles. The normalized spacial score (nSPS) is 10.8. The van der Waals surface area contributed by atoms with Gasteiger partial charge in [0.05, 0.1) is 34.0 Å². The van der Waals surface area contributed by atoms with E-state index >= 15 is 0 Å². The molecule has 3 rings (SSSR count). The number of hydrogen-bond acceptors (Lipinski definition) is 5. The molecule has 0 aliphatic heterocycles. The van der Waals surface area contributed by atoms with Crippen molar-refractivity contribution in [1.29, 1.82) is 0 Å². The Morgan fingerprint density at radius 2 is 2.07 bits per heavy atom. The van der Waals surface area contributed by atoms with Crippen molar-refractivity contribution >= 4 is 29.1 Å². The van der Waals surface area contributed by atoms with Gasteiger partial charge in [-0.25, -0.2) is 0 Å². The van der Waals surface area contributed by atoms with Crippen LogP contribution in [0.15, 0.2) is 35.0 Å². The Morgan fingerprint density at radius 1 is 1.30 bits per heavy atom. The van der Waals surface area contributed by atoms with Crippen LogP contribution in [0, 0.1) is 6.92 Å². The Kier molecular flexibility index (Phi) is 6.03. The molecule has 9 heteroatoms. The van der Waals surface area contributed by atoms with Gasteiger partial charge >= 0.3 is 0 Å². The fraction of sp³-hybridized carbons (Fsp3) is 0.278. The molecular weight excluding hydrogens is 391 g/mol. The first-order chi connectivity index (χ1) is 13.0. The molecule has 3 aromatic rings. The predicted octanol–water partition coefficient (Wildman–Crippen LogP) is 4.02. The quantitative estimate of drug-likeness (QED) is 0.638. The number of benzene rings is 1. The van der Waals surface area contributed by atoms with Gasteiger partial charge in [0.25, 0.3) is 5.91 Å². The highest BCUT2D eigenvalue weighted by Gasteiger charge is 2.21. The van der Waals surface area contributed by atoms with Crippen LogP contribution in [0.2, 0.25) is 10.0 Å². The number of carbonyl (C=O) groups excluding carboxylic acids is 1. The first kappa shape index (κ1) is 19.3. The summed E-state index contributed by atoms with van der Waals surface area (Å²) in [6, 6.07) is 7.10. The third-order valence-corrected chi connectivity index (χ3v) is 4.65. The lowest BCUT2D eigenvalue weighted by Crippen LogP contribution is -2.26. The summed E-state index contributed by atoms with van der Waals surface area (Å²) in [6.45, 7) is 4.65. The fourth-order valence-electron chi connectivity index (χ4n) is 2.54. The molecule has 0 aliphatic rings. The van der Waals surface area contributed by atoms with E-state index < -0.39 is 0 Å². The van der Waals surface area contributed by atoms with E-state index in [4.69, 9.17) is 32.5 Å².